The van der Waals surface area contributed by atoms with Crippen LogP contribution in [0.4, 0.5) is 0 Å². The molecule has 1 fully saturated rings. The Morgan fingerprint density at radius 3 is 2.16 bits per heavy atom. The number of esters is 2. The third-order valence-electron chi connectivity index (χ3n) is 5.87. The highest BCUT2D eigenvalue weighted by Crippen LogP contribution is 2.52. The summed E-state index contributed by atoms with van der Waals surface area (Å²) < 4.78 is 11.3. The van der Waals surface area contributed by atoms with Crippen LogP contribution in [0.1, 0.15) is 60.5 Å². The predicted octanol–water partition coefficient (Wildman–Crippen LogP) is 3.96. The number of rotatable bonds is 6. The Morgan fingerprint density at radius 1 is 1.06 bits per heavy atom. The van der Waals surface area contributed by atoms with Gasteiger partial charge < -0.3 is 14.6 Å². The molecule has 0 bridgehead atoms. The minimum atomic E-state index is -1.91. The van der Waals surface area contributed by atoms with Gasteiger partial charge in [-0.1, -0.05) is 58.0 Å². The average Bonchev–Trinajstić information content (AvgIpc) is 2.67. The topological polar surface area (TPSA) is 89.9 Å². The molecule has 31 heavy (non-hydrogen) atoms. The van der Waals surface area contributed by atoms with Crippen LogP contribution in [0.15, 0.2) is 36.4 Å². The Labute approximate surface area is 184 Å². The molecule has 6 heteroatoms. The summed E-state index contributed by atoms with van der Waals surface area (Å²) in [6.45, 7) is 11.9. The van der Waals surface area contributed by atoms with Crippen LogP contribution >= 0.6 is 0 Å². The average molecular weight is 431 g/mol. The van der Waals surface area contributed by atoms with E-state index in [0.29, 0.717) is 0 Å². The normalized spacial score (nSPS) is 27.3. The van der Waals surface area contributed by atoms with Gasteiger partial charge in [-0.05, 0) is 37.8 Å². The van der Waals surface area contributed by atoms with Gasteiger partial charge in [-0.15, -0.1) is 0 Å². The fourth-order valence-corrected chi connectivity index (χ4v) is 4.90. The first kappa shape index (κ1) is 24.8. The Morgan fingerprint density at radius 2 is 1.65 bits per heavy atom. The van der Waals surface area contributed by atoms with E-state index >= 15 is 0 Å². The van der Waals surface area contributed by atoms with Crippen molar-refractivity contribution in [3.8, 4) is 0 Å². The van der Waals surface area contributed by atoms with Crippen molar-refractivity contribution in [2.24, 2.45) is 16.7 Å². The van der Waals surface area contributed by atoms with Crippen molar-refractivity contribution in [2.45, 2.75) is 72.7 Å². The minimum Gasteiger partial charge on any atom is -0.461 e. The van der Waals surface area contributed by atoms with Crippen molar-refractivity contribution >= 4 is 23.8 Å². The highest BCUT2D eigenvalue weighted by atomic mass is 16.6. The molecular weight excluding hydrogens is 396 g/mol. The molecule has 3 atom stereocenters. The van der Waals surface area contributed by atoms with Gasteiger partial charge in [0.1, 0.15) is 12.2 Å². The number of carbonyl (C=O) groups excluding carboxylic acids is 3. The smallest absolute Gasteiger partial charge is 0.331 e. The summed E-state index contributed by atoms with van der Waals surface area (Å²) in [5, 5.41) is 11.6. The van der Waals surface area contributed by atoms with Gasteiger partial charge in [-0.3, -0.25) is 9.59 Å². The lowest BCUT2D eigenvalue weighted by atomic mass is 9.53. The Hall–Kier alpha value is -2.47. The van der Waals surface area contributed by atoms with E-state index in [9.17, 15) is 19.5 Å². The number of carbonyl (C=O) groups is 3. The van der Waals surface area contributed by atoms with Gasteiger partial charge in [0, 0.05) is 18.4 Å². The van der Waals surface area contributed by atoms with Gasteiger partial charge in [0.15, 0.2) is 11.4 Å². The SMILES string of the molecule is CC(=O)O[C@@H]1C(C)(C)C(=O)[C@@](O)(CC(C)C)[C@@H](OC(=O)/C=C/c2ccccc2)C1(C)C. The summed E-state index contributed by atoms with van der Waals surface area (Å²) in [6.07, 6.45) is 0.918. The molecular formula is C25H34O6. The number of ether oxygens (including phenoxy) is 2. The van der Waals surface area contributed by atoms with E-state index in [4.69, 9.17) is 9.47 Å². The quantitative estimate of drug-likeness (QED) is 0.543. The van der Waals surface area contributed by atoms with Crippen molar-refractivity contribution in [3.05, 3.63) is 42.0 Å². The third-order valence-corrected chi connectivity index (χ3v) is 5.87. The van der Waals surface area contributed by atoms with Crippen LogP contribution in [0.25, 0.3) is 6.08 Å². The number of hydrogen-bond acceptors (Lipinski definition) is 6. The van der Waals surface area contributed by atoms with Gasteiger partial charge >= 0.3 is 11.9 Å². The van der Waals surface area contributed by atoms with Crippen molar-refractivity contribution in [2.75, 3.05) is 0 Å². The van der Waals surface area contributed by atoms with Gasteiger partial charge in [-0.2, -0.15) is 0 Å². The highest BCUT2D eigenvalue weighted by molar-refractivity contribution is 5.95. The second kappa shape index (κ2) is 8.95. The zero-order valence-electron chi connectivity index (χ0n) is 19.5. The van der Waals surface area contributed by atoms with Gasteiger partial charge in [0.2, 0.25) is 0 Å². The summed E-state index contributed by atoms with van der Waals surface area (Å²) in [5.74, 6) is -1.75. The van der Waals surface area contributed by atoms with E-state index in [1.165, 1.54) is 13.0 Å². The number of benzene rings is 1. The first-order valence-corrected chi connectivity index (χ1v) is 10.6. The van der Waals surface area contributed by atoms with Gasteiger partial charge in [-0.25, -0.2) is 4.79 Å². The van der Waals surface area contributed by atoms with Crippen LogP contribution in [0, 0.1) is 16.7 Å². The van der Waals surface area contributed by atoms with E-state index in [2.05, 4.69) is 0 Å². The third kappa shape index (κ3) is 5.06. The molecule has 0 amide bonds. The number of aliphatic hydroxyl groups is 1. The first-order valence-electron chi connectivity index (χ1n) is 10.6. The standard InChI is InChI=1S/C25H34O6/c1-16(2)15-25(29)20(28)23(4,5)21(30-17(3)26)24(6,7)22(25)31-19(27)14-13-18-11-9-8-10-12-18/h8-14,16,21-22,29H,15H2,1-7H3/b14-13+/t21-,22+,25+/m1/s1. The summed E-state index contributed by atoms with van der Waals surface area (Å²) in [4.78, 5) is 38.0. The van der Waals surface area contributed by atoms with E-state index in [1.54, 1.807) is 33.8 Å². The molecule has 0 spiro atoms. The highest BCUT2D eigenvalue weighted by Gasteiger charge is 2.68. The van der Waals surface area contributed by atoms with Gasteiger partial charge in [0.05, 0.1) is 5.41 Å². The van der Waals surface area contributed by atoms with Crippen LogP contribution in [0.3, 0.4) is 0 Å². The monoisotopic (exact) mass is 430 g/mol. The lowest BCUT2D eigenvalue weighted by molar-refractivity contribution is -0.237. The van der Waals surface area contributed by atoms with E-state index in [-0.39, 0.29) is 12.3 Å². The molecule has 0 unspecified atom stereocenters. The molecule has 1 N–H and O–H groups in total. The second-order valence-corrected chi connectivity index (χ2v) is 9.94. The van der Waals surface area contributed by atoms with Crippen LogP contribution < -0.4 is 0 Å². The molecule has 1 aromatic rings. The summed E-state index contributed by atoms with van der Waals surface area (Å²) in [7, 11) is 0. The number of ketones is 1. The zero-order valence-corrected chi connectivity index (χ0v) is 19.5. The Bertz CT molecular complexity index is 852. The van der Waals surface area contributed by atoms with E-state index in [1.807, 2.05) is 44.2 Å². The van der Waals surface area contributed by atoms with Crippen LogP contribution in [0.2, 0.25) is 0 Å². The molecule has 0 heterocycles. The Kier molecular flexibility index (Phi) is 7.16. The molecule has 0 aromatic heterocycles. The maximum absolute atomic E-state index is 13.5. The predicted molar refractivity (Wildman–Crippen MR) is 118 cm³/mol. The second-order valence-electron chi connectivity index (χ2n) is 9.94. The molecule has 170 valence electrons. The van der Waals surface area contributed by atoms with Crippen molar-refractivity contribution in [1.29, 1.82) is 0 Å². The minimum absolute atomic E-state index is 0.0353. The lowest BCUT2D eigenvalue weighted by Crippen LogP contribution is -2.72. The molecule has 1 aliphatic carbocycles. The fourth-order valence-electron chi connectivity index (χ4n) is 4.90. The van der Waals surface area contributed by atoms with Crippen molar-refractivity contribution < 1.29 is 29.0 Å². The Balaban J connectivity index is 2.47. The molecule has 1 saturated carbocycles. The summed E-state index contributed by atoms with van der Waals surface area (Å²) in [5.41, 5.74) is -3.28. The lowest BCUT2D eigenvalue weighted by Gasteiger charge is -2.56. The van der Waals surface area contributed by atoms with Crippen LogP contribution in [0.5, 0.6) is 0 Å². The number of hydrogen-bond donors (Lipinski definition) is 1. The maximum atomic E-state index is 13.5. The largest absolute Gasteiger partial charge is 0.461 e. The van der Waals surface area contributed by atoms with Crippen LogP contribution in [-0.2, 0) is 23.9 Å². The molecule has 6 nitrogen and oxygen atoms in total. The summed E-state index contributed by atoms with van der Waals surface area (Å²) in [6, 6.07) is 9.25. The maximum Gasteiger partial charge on any atom is 0.331 e. The van der Waals surface area contributed by atoms with E-state index in [0.717, 1.165) is 5.56 Å². The summed E-state index contributed by atoms with van der Waals surface area (Å²) >= 11 is 0. The molecule has 0 saturated heterocycles. The van der Waals surface area contributed by atoms with Gasteiger partial charge in [0.25, 0.3) is 0 Å². The molecule has 0 radical (unpaired) electrons. The molecule has 1 aromatic carbocycles. The fraction of sp³-hybridized carbons (Fsp3) is 0.560. The molecule has 2 rings (SSSR count). The molecule has 0 aliphatic heterocycles. The van der Waals surface area contributed by atoms with Crippen molar-refractivity contribution in [3.63, 3.8) is 0 Å². The van der Waals surface area contributed by atoms with Crippen molar-refractivity contribution in [1.82, 2.24) is 0 Å². The zero-order chi connectivity index (χ0) is 23.6. The van der Waals surface area contributed by atoms with Crippen LogP contribution in [-0.4, -0.2) is 40.6 Å². The number of Topliss-reactive ketones (excluding diaryl/α,β-unsaturated/α-hetero) is 1. The first-order chi connectivity index (χ1) is 14.2. The van der Waals surface area contributed by atoms with E-state index < -0.39 is 46.4 Å². The molecule has 1 aliphatic rings.